The van der Waals surface area contributed by atoms with Crippen molar-refractivity contribution in [3.05, 3.63) is 35.2 Å². The van der Waals surface area contributed by atoms with Crippen molar-refractivity contribution in [3.8, 4) is 0 Å². The van der Waals surface area contributed by atoms with E-state index in [4.69, 9.17) is 16.3 Å². The fourth-order valence-electron chi connectivity index (χ4n) is 3.53. The van der Waals surface area contributed by atoms with Crippen LogP contribution < -0.4 is 0 Å². The number of ether oxygens (including phenoxy) is 1. The maximum atomic E-state index is 6.03. The highest BCUT2D eigenvalue weighted by molar-refractivity contribution is 6.30. The molecule has 0 bridgehead atoms. The van der Waals surface area contributed by atoms with Crippen molar-refractivity contribution in [3.63, 3.8) is 0 Å². The molecule has 0 N–H and O–H groups in total. The normalized spacial score (nSPS) is 23.8. The molecule has 0 aliphatic carbocycles. The van der Waals surface area contributed by atoms with Crippen LogP contribution in [0, 0.1) is 0 Å². The Bertz CT molecular complexity index is 660. The Balaban J connectivity index is 1.31. The van der Waals surface area contributed by atoms with Crippen molar-refractivity contribution in [2.24, 2.45) is 0 Å². The third kappa shape index (κ3) is 3.69. The Morgan fingerprint density at radius 3 is 2.74 bits per heavy atom. The molecule has 0 saturated carbocycles. The van der Waals surface area contributed by atoms with Gasteiger partial charge in [-0.2, -0.15) is 0 Å². The van der Waals surface area contributed by atoms with Gasteiger partial charge >= 0.3 is 0 Å². The summed E-state index contributed by atoms with van der Waals surface area (Å²) in [5, 5.41) is 0.740. The molecule has 124 valence electrons. The van der Waals surface area contributed by atoms with Crippen LogP contribution in [0.3, 0.4) is 0 Å². The number of halogens is 1. The van der Waals surface area contributed by atoms with E-state index in [1.807, 2.05) is 22.7 Å². The van der Waals surface area contributed by atoms with Gasteiger partial charge < -0.3 is 9.14 Å². The summed E-state index contributed by atoms with van der Waals surface area (Å²) in [5.41, 5.74) is 2.07. The van der Waals surface area contributed by atoms with E-state index in [1.54, 1.807) is 0 Å². The summed E-state index contributed by atoms with van der Waals surface area (Å²) in [5.74, 6) is 0. The van der Waals surface area contributed by atoms with E-state index < -0.39 is 0 Å². The third-order valence-corrected chi connectivity index (χ3v) is 5.02. The fraction of sp³-hybridized carbons (Fsp3) is 0.588. The van der Waals surface area contributed by atoms with Gasteiger partial charge in [0.2, 0.25) is 0 Å². The van der Waals surface area contributed by atoms with Gasteiger partial charge in [-0.1, -0.05) is 11.6 Å². The number of hydrogen-bond donors (Lipinski definition) is 0. The highest BCUT2D eigenvalue weighted by Gasteiger charge is 2.23. The maximum Gasteiger partial charge on any atom is 0.137 e. The van der Waals surface area contributed by atoms with E-state index in [1.165, 1.54) is 12.8 Å². The van der Waals surface area contributed by atoms with Gasteiger partial charge in [-0.05, 0) is 25.0 Å². The van der Waals surface area contributed by atoms with E-state index in [9.17, 15) is 0 Å². The van der Waals surface area contributed by atoms with Crippen LogP contribution in [0.15, 0.2) is 24.5 Å². The Hall–Kier alpha value is -1.14. The van der Waals surface area contributed by atoms with Crippen molar-refractivity contribution < 1.29 is 4.74 Å². The summed E-state index contributed by atoms with van der Waals surface area (Å²) < 4.78 is 7.75. The van der Waals surface area contributed by atoms with Crippen LogP contribution in [0.5, 0.6) is 0 Å². The average Bonchev–Trinajstić information content (AvgIpc) is 3.18. The van der Waals surface area contributed by atoms with Crippen LogP contribution in [-0.2, 0) is 11.3 Å². The van der Waals surface area contributed by atoms with Crippen molar-refractivity contribution in [2.45, 2.75) is 25.5 Å². The molecule has 2 aromatic heterocycles. The van der Waals surface area contributed by atoms with Crippen molar-refractivity contribution in [1.29, 1.82) is 0 Å². The van der Waals surface area contributed by atoms with Crippen molar-refractivity contribution in [2.75, 3.05) is 39.3 Å². The van der Waals surface area contributed by atoms with Gasteiger partial charge in [-0.25, -0.2) is 4.98 Å². The minimum atomic E-state index is 0.463. The van der Waals surface area contributed by atoms with Crippen molar-refractivity contribution in [1.82, 2.24) is 19.2 Å². The molecule has 4 rings (SSSR count). The number of aromatic nitrogens is 2. The second kappa shape index (κ2) is 6.77. The molecule has 2 aromatic rings. The highest BCUT2D eigenvalue weighted by Crippen LogP contribution is 2.16. The van der Waals surface area contributed by atoms with Crippen molar-refractivity contribution >= 4 is 17.2 Å². The highest BCUT2D eigenvalue weighted by atomic mass is 35.5. The summed E-state index contributed by atoms with van der Waals surface area (Å²) in [6.07, 6.45) is 6.91. The van der Waals surface area contributed by atoms with Gasteiger partial charge in [0.25, 0.3) is 0 Å². The van der Waals surface area contributed by atoms with Crippen LogP contribution >= 0.6 is 11.6 Å². The Kier molecular flexibility index (Phi) is 4.53. The van der Waals surface area contributed by atoms with Crippen LogP contribution in [0.4, 0.5) is 0 Å². The molecule has 5 nitrogen and oxygen atoms in total. The molecule has 2 aliphatic heterocycles. The summed E-state index contributed by atoms with van der Waals surface area (Å²) in [6, 6.07) is 3.85. The zero-order valence-electron chi connectivity index (χ0n) is 13.3. The molecule has 2 saturated heterocycles. The number of imidazole rings is 1. The second-order valence-corrected chi connectivity index (χ2v) is 6.99. The Morgan fingerprint density at radius 1 is 1.13 bits per heavy atom. The number of hydrogen-bond acceptors (Lipinski definition) is 4. The second-order valence-electron chi connectivity index (χ2n) is 6.56. The molecular formula is C17H23ClN4O. The SMILES string of the molecule is Clc1ccc2nc(CN3CCN(CC4CCCO4)CC3)cn2c1. The Morgan fingerprint density at radius 2 is 1.96 bits per heavy atom. The molecule has 6 heteroatoms. The summed E-state index contributed by atoms with van der Waals surface area (Å²) >= 11 is 6.03. The first-order valence-corrected chi connectivity index (χ1v) is 8.83. The predicted molar refractivity (Wildman–Crippen MR) is 90.9 cm³/mol. The number of piperazine rings is 1. The molecular weight excluding hydrogens is 312 g/mol. The minimum absolute atomic E-state index is 0.463. The first kappa shape index (κ1) is 15.4. The van der Waals surface area contributed by atoms with E-state index in [0.717, 1.165) is 62.2 Å². The fourth-order valence-corrected chi connectivity index (χ4v) is 3.70. The van der Waals surface area contributed by atoms with E-state index >= 15 is 0 Å². The topological polar surface area (TPSA) is 33.0 Å². The zero-order chi connectivity index (χ0) is 15.6. The number of nitrogens with zero attached hydrogens (tertiary/aromatic N) is 4. The van der Waals surface area contributed by atoms with Crippen LogP contribution in [-0.4, -0.2) is 64.6 Å². The monoisotopic (exact) mass is 334 g/mol. The molecule has 4 heterocycles. The number of rotatable bonds is 4. The Labute approximate surface area is 141 Å². The molecule has 23 heavy (non-hydrogen) atoms. The molecule has 1 unspecified atom stereocenters. The molecule has 0 spiro atoms. The van der Waals surface area contributed by atoms with Crippen LogP contribution in [0.1, 0.15) is 18.5 Å². The van der Waals surface area contributed by atoms with Crippen LogP contribution in [0.2, 0.25) is 5.02 Å². The molecule has 2 fully saturated rings. The minimum Gasteiger partial charge on any atom is -0.377 e. The van der Waals surface area contributed by atoms with Gasteiger partial charge in [0.1, 0.15) is 5.65 Å². The molecule has 0 radical (unpaired) electrons. The molecule has 1 atom stereocenters. The smallest absolute Gasteiger partial charge is 0.137 e. The number of fused-ring (bicyclic) bond motifs is 1. The standard InChI is InChI=1S/C17H23ClN4O/c18-14-3-4-17-19-15(12-22(17)10-14)11-20-5-7-21(8-6-20)13-16-2-1-9-23-16/h3-4,10,12,16H,1-2,5-9,11,13H2. The molecule has 2 aliphatic rings. The lowest BCUT2D eigenvalue weighted by Crippen LogP contribution is -2.48. The summed E-state index contributed by atoms with van der Waals surface area (Å²) in [7, 11) is 0. The van der Waals surface area contributed by atoms with E-state index in [0.29, 0.717) is 6.10 Å². The quantitative estimate of drug-likeness (QED) is 0.859. The number of pyridine rings is 1. The van der Waals surface area contributed by atoms with Gasteiger partial charge in [0.05, 0.1) is 16.8 Å². The van der Waals surface area contributed by atoms with Gasteiger partial charge in [-0.15, -0.1) is 0 Å². The maximum absolute atomic E-state index is 6.03. The average molecular weight is 335 g/mol. The van der Waals surface area contributed by atoms with E-state index in [-0.39, 0.29) is 0 Å². The first-order valence-electron chi connectivity index (χ1n) is 8.46. The molecule has 0 aromatic carbocycles. The van der Waals surface area contributed by atoms with E-state index in [2.05, 4.69) is 21.0 Å². The lowest BCUT2D eigenvalue weighted by atomic mass is 10.2. The summed E-state index contributed by atoms with van der Waals surface area (Å²) in [6.45, 7) is 7.40. The summed E-state index contributed by atoms with van der Waals surface area (Å²) in [4.78, 5) is 9.70. The van der Waals surface area contributed by atoms with Gasteiger partial charge in [0.15, 0.2) is 0 Å². The predicted octanol–water partition coefficient (Wildman–Crippen LogP) is 2.28. The lowest BCUT2D eigenvalue weighted by molar-refractivity contribution is 0.0487. The largest absolute Gasteiger partial charge is 0.377 e. The lowest BCUT2D eigenvalue weighted by Gasteiger charge is -2.35. The van der Waals surface area contributed by atoms with Gasteiger partial charge in [0, 0.05) is 58.3 Å². The van der Waals surface area contributed by atoms with Crippen LogP contribution in [0.25, 0.3) is 5.65 Å². The first-order chi connectivity index (χ1) is 11.3. The molecule has 0 amide bonds. The third-order valence-electron chi connectivity index (χ3n) is 4.80. The van der Waals surface area contributed by atoms with Gasteiger partial charge in [-0.3, -0.25) is 9.80 Å². The zero-order valence-corrected chi connectivity index (χ0v) is 14.1.